The van der Waals surface area contributed by atoms with E-state index in [1.165, 1.54) is 12.1 Å². The van der Waals surface area contributed by atoms with E-state index in [9.17, 15) is 21.6 Å². The number of hydrogen-bond donors (Lipinski definition) is 1. The molecule has 1 aliphatic rings. The predicted octanol–water partition coefficient (Wildman–Crippen LogP) is 2.52. The molecule has 0 spiro atoms. The Kier molecular flexibility index (Phi) is 4.04. The summed E-state index contributed by atoms with van der Waals surface area (Å²) in [6.45, 7) is 0.252. The van der Waals surface area contributed by atoms with Crippen LogP contribution in [0.5, 0.6) is 0 Å². The minimum absolute atomic E-state index is 0.0107. The van der Waals surface area contributed by atoms with E-state index in [1.54, 1.807) is 10.6 Å². The van der Waals surface area contributed by atoms with Gasteiger partial charge < -0.3 is 10.3 Å². The summed E-state index contributed by atoms with van der Waals surface area (Å²) < 4.78 is 66.4. The van der Waals surface area contributed by atoms with Crippen molar-refractivity contribution in [3.63, 3.8) is 0 Å². The molecule has 0 amide bonds. The molecule has 0 radical (unpaired) electrons. The smallest absolute Gasteiger partial charge is 0.175 e. The summed E-state index contributed by atoms with van der Waals surface area (Å²) in [4.78, 5) is 4.65. The van der Waals surface area contributed by atoms with Gasteiger partial charge in [0.2, 0.25) is 0 Å². The molecule has 0 unspecified atom stereocenters. The van der Waals surface area contributed by atoms with E-state index in [-0.39, 0.29) is 23.4 Å². The van der Waals surface area contributed by atoms with Crippen molar-refractivity contribution in [1.29, 1.82) is 0 Å². The van der Waals surface area contributed by atoms with Crippen molar-refractivity contribution in [2.24, 2.45) is 5.73 Å². The van der Waals surface area contributed by atoms with Gasteiger partial charge in [0.1, 0.15) is 11.6 Å². The number of hydrogen-bond acceptors (Lipinski definition) is 4. The molecule has 27 heavy (non-hydrogen) atoms. The standard InChI is InChI=1S/C18H16F3N3O2S/c1-27(25,26)9-2-3-16-17(4-9)24-8-15(22)11(6-18(24)23-16)10-5-13(20)14(21)7-12(10)19/h2-5,7,11,15H,6,8,22H2,1H3/t11-,15+/m1/s1. The van der Waals surface area contributed by atoms with Gasteiger partial charge in [-0.2, -0.15) is 0 Å². The van der Waals surface area contributed by atoms with Gasteiger partial charge in [-0.1, -0.05) is 0 Å². The highest BCUT2D eigenvalue weighted by Crippen LogP contribution is 2.34. The Balaban J connectivity index is 1.80. The molecule has 0 aliphatic carbocycles. The van der Waals surface area contributed by atoms with Crippen molar-refractivity contribution in [3.05, 3.63) is 59.2 Å². The first-order chi connectivity index (χ1) is 12.6. The fourth-order valence-corrected chi connectivity index (χ4v) is 4.23. The van der Waals surface area contributed by atoms with Crippen LogP contribution >= 0.6 is 0 Å². The van der Waals surface area contributed by atoms with Gasteiger partial charge in [-0.05, 0) is 29.8 Å². The molecule has 5 nitrogen and oxygen atoms in total. The number of rotatable bonds is 2. The molecule has 2 aromatic carbocycles. The summed E-state index contributed by atoms with van der Waals surface area (Å²) in [5, 5.41) is 0. The molecule has 2 atom stereocenters. The van der Waals surface area contributed by atoms with Crippen LogP contribution in [-0.2, 0) is 22.8 Å². The van der Waals surface area contributed by atoms with Gasteiger partial charge >= 0.3 is 0 Å². The molecule has 4 rings (SSSR count). The van der Waals surface area contributed by atoms with E-state index in [0.29, 0.717) is 22.9 Å². The molecule has 1 aliphatic heterocycles. The molecule has 1 aromatic heterocycles. The quantitative estimate of drug-likeness (QED) is 0.677. The summed E-state index contributed by atoms with van der Waals surface area (Å²) >= 11 is 0. The largest absolute Gasteiger partial charge is 0.326 e. The lowest BCUT2D eigenvalue weighted by Crippen LogP contribution is -2.39. The monoisotopic (exact) mass is 395 g/mol. The third-order valence-corrected chi connectivity index (χ3v) is 6.09. The molecule has 3 aromatic rings. The maximum absolute atomic E-state index is 14.2. The number of nitrogens with zero attached hydrogens (tertiary/aromatic N) is 2. The van der Waals surface area contributed by atoms with E-state index in [1.807, 2.05) is 0 Å². The zero-order valence-electron chi connectivity index (χ0n) is 14.3. The Bertz CT molecular complexity index is 1170. The second-order valence-electron chi connectivity index (χ2n) is 6.82. The van der Waals surface area contributed by atoms with Crippen molar-refractivity contribution in [3.8, 4) is 0 Å². The Morgan fingerprint density at radius 2 is 1.81 bits per heavy atom. The van der Waals surface area contributed by atoms with Crippen LogP contribution in [0.1, 0.15) is 17.3 Å². The van der Waals surface area contributed by atoms with Gasteiger partial charge in [0, 0.05) is 37.2 Å². The number of imidazole rings is 1. The van der Waals surface area contributed by atoms with Gasteiger partial charge in [0.15, 0.2) is 21.5 Å². The minimum Gasteiger partial charge on any atom is -0.326 e. The third kappa shape index (κ3) is 3.00. The molecule has 2 heterocycles. The van der Waals surface area contributed by atoms with E-state index in [0.717, 1.165) is 12.3 Å². The SMILES string of the molecule is CS(=O)(=O)c1ccc2nc3n(c2c1)C[C@H](N)[C@@H](c1cc(F)c(F)cc1F)C3. The van der Waals surface area contributed by atoms with E-state index in [4.69, 9.17) is 5.73 Å². The maximum Gasteiger partial charge on any atom is 0.175 e. The zero-order valence-corrected chi connectivity index (χ0v) is 15.1. The maximum atomic E-state index is 14.2. The first-order valence-electron chi connectivity index (χ1n) is 8.24. The second kappa shape index (κ2) is 6.07. The Hall–Kier alpha value is -2.39. The van der Waals surface area contributed by atoms with Crippen LogP contribution in [0.15, 0.2) is 35.2 Å². The first kappa shape index (κ1) is 18.0. The van der Waals surface area contributed by atoms with Gasteiger partial charge in [0.05, 0.1) is 15.9 Å². The van der Waals surface area contributed by atoms with Crippen molar-refractivity contribution in [2.45, 2.75) is 29.8 Å². The Labute approximate surface area is 153 Å². The topological polar surface area (TPSA) is 78.0 Å². The van der Waals surface area contributed by atoms with Crippen LogP contribution in [-0.4, -0.2) is 30.3 Å². The number of sulfone groups is 1. The Morgan fingerprint density at radius 1 is 1.11 bits per heavy atom. The average molecular weight is 395 g/mol. The van der Waals surface area contributed by atoms with E-state index < -0.39 is 39.2 Å². The Morgan fingerprint density at radius 3 is 2.52 bits per heavy atom. The minimum atomic E-state index is -3.38. The van der Waals surface area contributed by atoms with Gasteiger partial charge in [-0.25, -0.2) is 26.6 Å². The van der Waals surface area contributed by atoms with Crippen molar-refractivity contribution < 1.29 is 21.6 Å². The predicted molar refractivity (Wildman–Crippen MR) is 93.6 cm³/mol. The van der Waals surface area contributed by atoms with Gasteiger partial charge in [0.25, 0.3) is 0 Å². The van der Waals surface area contributed by atoms with Crippen LogP contribution in [0.2, 0.25) is 0 Å². The molecule has 142 valence electrons. The number of fused-ring (bicyclic) bond motifs is 3. The van der Waals surface area contributed by atoms with Crippen molar-refractivity contribution >= 4 is 20.9 Å². The summed E-state index contributed by atoms with van der Waals surface area (Å²) in [5.74, 6) is -3.21. The second-order valence-corrected chi connectivity index (χ2v) is 8.84. The molecular weight excluding hydrogens is 379 g/mol. The molecule has 2 N–H and O–H groups in total. The number of halogens is 3. The summed E-state index contributed by atoms with van der Waals surface area (Å²) in [5.41, 5.74) is 7.43. The van der Waals surface area contributed by atoms with E-state index in [2.05, 4.69) is 4.98 Å². The molecule has 0 fully saturated rings. The summed E-state index contributed by atoms with van der Waals surface area (Å²) in [6.07, 6.45) is 1.35. The lowest BCUT2D eigenvalue weighted by molar-refractivity contribution is 0.391. The normalized spacial score (nSPS) is 20.0. The molecule has 0 saturated heterocycles. The number of aromatic nitrogens is 2. The average Bonchev–Trinajstić information content (AvgIpc) is 2.93. The fraction of sp³-hybridized carbons (Fsp3) is 0.278. The number of benzene rings is 2. The third-order valence-electron chi connectivity index (χ3n) is 4.98. The lowest BCUT2D eigenvalue weighted by atomic mass is 9.86. The van der Waals surface area contributed by atoms with Crippen LogP contribution in [0, 0.1) is 17.5 Å². The molecule has 0 saturated carbocycles. The van der Waals surface area contributed by atoms with Gasteiger partial charge in [-0.15, -0.1) is 0 Å². The fourth-order valence-electron chi connectivity index (χ4n) is 3.59. The van der Waals surface area contributed by atoms with Crippen LogP contribution < -0.4 is 5.73 Å². The molecular formula is C18H16F3N3O2S. The first-order valence-corrected chi connectivity index (χ1v) is 10.1. The zero-order chi connectivity index (χ0) is 19.5. The lowest BCUT2D eigenvalue weighted by Gasteiger charge is -2.30. The number of nitrogens with two attached hydrogens (primary N) is 1. The van der Waals surface area contributed by atoms with Gasteiger partial charge in [-0.3, -0.25) is 0 Å². The van der Waals surface area contributed by atoms with Crippen LogP contribution in [0.3, 0.4) is 0 Å². The molecule has 9 heteroatoms. The summed E-state index contributed by atoms with van der Waals surface area (Å²) in [7, 11) is -3.38. The van der Waals surface area contributed by atoms with E-state index >= 15 is 0 Å². The highest BCUT2D eigenvalue weighted by atomic mass is 32.2. The summed E-state index contributed by atoms with van der Waals surface area (Å²) in [6, 6.07) is 5.41. The highest BCUT2D eigenvalue weighted by Gasteiger charge is 2.32. The van der Waals surface area contributed by atoms with Crippen LogP contribution in [0.4, 0.5) is 13.2 Å². The van der Waals surface area contributed by atoms with Crippen molar-refractivity contribution in [2.75, 3.05) is 6.26 Å². The van der Waals surface area contributed by atoms with Crippen molar-refractivity contribution in [1.82, 2.24) is 9.55 Å². The highest BCUT2D eigenvalue weighted by molar-refractivity contribution is 7.90. The molecule has 0 bridgehead atoms. The van der Waals surface area contributed by atoms with Crippen LogP contribution in [0.25, 0.3) is 11.0 Å².